The van der Waals surface area contributed by atoms with Gasteiger partial charge in [0.1, 0.15) is 17.2 Å². The van der Waals surface area contributed by atoms with E-state index in [1.54, 1.807) is 26.8 Å². The first-order valence-corrected chi connectivity index (χ1v) is 13.8. The molecule has 2 N–H and O–H groups in total. The van der Waals surface area contributed by atoms with Gasteiger partial charge in [-0.3, -0.25) is 4.98 Å². The molecule has 3 rings (SSSR count). The average molecular weight is 555 g/mol. The minimum atomic E-state index is -0.649. The van der Waals surface area contributed by atoms with E-state index in [-0.39, 0.29) is 28.4 Å². The van der Waals surface area contributed by atoms with Crippen molar-refractivity contribution in [2.45, 2.75) is 90.3 Å². The van der Waals surface area contributed by atoms with Crippen molar-refractivity contribution in [1.29, 1.82) is 5.26 Å². The first-order valence-electron chi connectivity index (χ1n) is 13.8. The molecule has 1 fully saturated rings. The number of pyridine rings is 1. The zero-order chi connectivity index (χ0) is 29.5. The number of rotatable bonds is 12. The molecule has 2 aromatic rings. The number of halogens is 2. The molecule has 1 atom stereocenters. The number of carbonyl (C=O) groups is 1. The van der Waals surface area contributed by atoms with Gasteiger partial charge in [0.05, 0.1) is 35.1 Å². The molecular weight excluding hydrogens is 514 g/mol. The molecule has 1 heterocycles. The second-order valence-electron chi connectivity index (χ2n) is 11.3. The van der Waals surface area contributed by atoms with Crippen LogP contribution in [0, 0.1) is 23.0 Å². The number of amides is 1. The van der Waals surface area contributed by atoms with Crippen molar-refractivity contribution >= 4 is 17.4 Å². The lowest BCUT2D eigenvalue weighted by molar-refractivity contribution is 0.0466. The van der Waals surface area contributed by atoms with Crippen molar-refractivity contribution in [3.8, 4) is 6.07 Å². The van der Waals surface area contributed by atoms with Crippen LogP contribution in [-0.2, 0) is 15.9 Å². The largest absolute Gasteiger partial charge is 0.444 e. The molecular formula is C31H40F2N4O3. The summed E-state index contributed by atoms with van der Waals surface area (Å²) in [5, 5.41) is 15.9. The number of ether oxygens (including phenoxy) is 2. The van der Waals surface area contributed by atoms with E-state index in [4.69, 9.17) is 9.47 Å². The van der Waals surface area contributed by atoms with Gasteiger partial charge in [-0.2, -0.15) is 5.26 Å². The minimum Gasteiger partial charge on any atom is -0.444 e. The van der Waals surface area contributed by atoms with Crippen LogP contribution in [0.25, 0.3) is 5.57 Å². The Kier molecular flexibility index (Phi) is 10.3. The van der Waals surface area contributed by atoms with Gasteiger partial charge in [0, 0.05) is 30.0 Å². The Labute approximate surface area is 236 Å². The monoisotopic (exact) mass is 554 g/mol. The highest BCUT2D eigenvalue weighted by molar-refractivity contribution is 5.83. The maximum atomic E-state index is 15.2. The minimum absolute atomic E-state index is 0.0429. The van der Waals surface area contributed by atoms with E-state index in [0.717, 1.165) is 31.5 Å². The van der Waals surface area contributed by atoms with E-state index in [0.29, 0.717) is 43.7 Å². The van der Waals surface area contributed by atoms with Crippen LogP contribution >= 0.6 is 0 Å². The first-order chi connectivity index (χ1) is 18.9. The van der Waals surface area contributed by atoms with E-state index in [9.17, 15) is 14.4 Å². The molecule has 1 saturated carbocycles. The maximum Gasteiger partial charge on any atom is 0.407 e. The van der Waals surface area contributed by atoms with Crippen molar-refractivity contribution in [3.63, 3.8) is 0 Å². The molecule has 0 aliphatic heterocycles. The Hall–Kier alpha value is -3.51. The number of nitrogens with zero attached hydrogens (tertiary/aromatic N) is 2. The number of aryl methyl sites for hydroxylation is 1. The predicted molar refractivity (Wildman–Crippen MR) is 152 cm³/mol. The van der Waals surface area contributed by atoms with Crippen LogP contribution in [-0.4, -0.2) is 41.5 Å². The number of alkyl carbamates (subject to hydrolysis) is 1. The molecule has 1 aromatic carbocycles. The summed E-state index contributed by atoms with van der Waals surface area (Å²) in [6.45, 7) is 14.6. The fourth-order valence-corrected chi connectivity index (χ4v) is 4.72. The average Bonchev–Trinajstić information content (AvgIpc) is 2.85. The third-order valence-corrected chi connectivity index (χ3v) is 7.05. The second-order valence-corrected chi connectivity index (χ2v) is 11.3. The highest BCUT2D eigenvalue weighted by Gasteiger charge is 2.43. The van der Waals surface area contributed by atoms with E-state index in [1.165, 1.54) is 6.07 Å². The van der Waals surface area contributed by atoms with E-state index < -0.39 is 28.9 Å². The van der Waals surface area contributed by atoms with Crippen LogP contribution < -0.4 is 10.6 Å². The fourth-order valence-electron chi connectivity index (χ4n) is 4.72. The Balaban J connectivity index is 1.85. The smallest absolute Gasteiger partial charge is 0.407 e. The third kappa shape index (κ3) is 7.79. The quantitative estimate of drug-likeness (QED) is 0.277. The van der Waals surface area contributed by atoms with Gasteiger partial charge in [0.15, 0.2) is 0 Å². The first kappa shape index (κ1) is 31.0. The van der Waals surface area contributed by atoms with Crippen LogP contribution in [0.5, 0.6) is 0 Å². The molecule has 1 aliphatic carbocycles. The molecule has 40 heavy (non-hydrogen) atoms. The van der Waals surface area contributed by atoms with Gasteiger partial charge in [0.25, 0.3) is 0 Å². The van der Waals surface area contributed by atoms with Gasteiger partial charge in [-0.05, 0) is 90.0 Å². The molecule has 0 saturated heterocycles. The van der Waals surface area contributed by atoms with Crippen molar-refractivity contribution in [2.24, 2.45) is 0 Å². The lowest BCUT2D eigenvalue weighted by Crippen LogP contribution is -2.60. The summed E-state index contributed by atoms with van der Waals surface area (Å²) in [6, 6.07) is 5.88. The van der Waals surface area contributed by atoms with Crippen molar-refractivity contribution < 1.29 is 23.0 Å². The highest BCUT2D eigenvalue weighted by atomic mass is 19.1. The van der Waals surface area contributed by atoms with E-state index in [1.807, 2.05) is 19.9 Å². The van der Waals surface area contributed by atoms with Gasteiger partial charge in [0.2, 0.25) is 0 Å². The molecule has 1 amide bonds. The van der Waals surface area contributed by atoms with Crippen molar-refractivity contribution in [3.05, 3.63) is 65.0 Å². The topological polar surface area (TPSA) is 96.3 Å². The van der Waals surface area contributed by atoms with Gasteiger partial charge < -0.3 is 20.1 Å². The molecule has 1 aliphatic rings. The number of nitriles is 1. The molecule has 0 spiro atoms. The summed E-state index contributed by atoms with van der Waals surface area (Å²) in [5.41, 5.74) is 0.375. The summed E-state index contributed by atoms with van der Waals surface area (Å²) in [4.78, 5) is 16.6. The van der Waals surface area contributed by atoms with E-state index >= 15 is 4.39 Å². The maximum absolute atomic E-state index is 15.2. The third-order valence-electron chi connectivity index (χ3n) is 7.05. The summed E-state index contributed by atoms with van der Waals surface area (Å²) in [6.07, 6.45) is 5.16. The molecule has 9 heteroatoms. The Bertz CT molecular complexity index is 1260. The lowest BCUT2D eigenvalue weighted by Gasteiger charge is -2.48. The van der Waals surface area contributed by atoms with Crippen molar-refractivity contribution in [2.75, 3.05) is 18.5 Å². The number of nitrogens with one attached hydrogen (secondary N) is 2. The number of carbonyl (C=O) groups excluding carboxylic acids is 1. The fraction of sp³-hybridized carbons (Fsp3) is 0.516. The molecule has 0 radical (unpaired) electrons. The Morgan fingerprint density at radius 1 is 1.20 bits per heavy atom. The number of aromatic nitrogens is 1. The Morgan fingerprint density at radius 2 is 1.93 bits per heavy atom. The standard InChI is InChI=1S/C31H40F2N4O3/c1-7-13-39-14-8-10-23-16-25(27(33)19-35-23)20(2)24-17-28(26(32)15-22(24)18-34)37-31(11-9-12-31)21(3)36-29(38)40-30(4,5)6/h15-17,19,21,37H,2,7-14H2,1,3-6H3,(H,36,38)/t21-/m0/s1. The number of benzene rings is 1. The summed E-state index contributed by atoms with van der Waals surface area (Å²) in [5.74, 6) is -1.20. The van der Waals surface area contributed by atoms with Gasteiger partial charge in [-0.25, -0.2) is 13.6 Å². The summed E-state index contributed by atoms with van der Waals surface area (Å²) in [7, 11) is 0. The molecule has 1 aromatic heterocycles. The van der Waals surface area contributed by atoms with Crippen LogP contribution in [0.15, 0.2) is 31.0 Å². The highest BCUT2D eigenvalue weighted by Crippen LogP contribution is 2.40. The summed E-state index contributed by atoms with van der Waals surface area (Å²) < 4.78 is 41.1. The van der Waals surface area contributed by atoms with Crippen LogP contribution in [0.1, 0.15) is 89.1 Å². The molecule has 0 bridgehead atoms. The van der Waals surface area contributed by atoms with Gasteiger partial charge in [-0.1, -0.05) is 13.5 Å². The Morgan fingerprint density at radius 3 is 2.52 bits per heavy atom. The van der Waals surface area contributed by atoms with Crippen LogP contribution in [0.3, 0.4) is 0 Å². The number of hydrogen-bond donors (Lipinski definition) is 2. The zero-order valence-corrected chi connectivity index (χ0v) is 24.1. The van der Waals surface area contributed by atoms with Gasteiger partial charge >= 0.3 is 6.09 Å². The number of anilines is 1. The van der Waals surface area contributed by atoms with Crippen molar-refractivity contribution in [1.82, 2.24) is 10.3 Å². The number of hydrogen-bond acceptors (Lipinski definition) is 6. The van der Waals surface area contributed by atoms with Crippen LogP contribution in [0.4, 0.5) is 19.3 Å². The molecule has 7 nitrogen and oxygen atoms in total. The SMILES string of the molecule is C=C(c1cc(CCCOCCC)ncc1F)c1cc(NC2([C@H](C)NC(=O)OC(C)(C)C)CCC2)c(F)cc1C#N. The summed E-state index contributed by atoms with van der Waals surface area (Å²) >= 11 is 0. The second kappa shape index (κ2) is 13.2. The lowest BCUT2D eigenvalue weighted by atomic mass is 9.71. The predicted octanol–water partition coefficient (Wildman–Crippen LogP) is 6.90. The normalized spacial score (nSPS) is 14.9. The van der Waals surface area contributed by atoms with Gasteiger partial charge in [-0.15, -0.1) is 0 Å². The molecule has 0 unspecified atom stereocenters. The van der Waals surface area contributed by atoms with E-state index in [2.05, 4.69) is 22.2 Å². The van der Waals surface area contributed by atoms with Crippen LogP contribution in [0.2, 0.25) is 0 Å². The molecule has 216 valence electrons. The zero-order valence-electron chi connectivity index (χ0n) is 24.1.